The number of nitrogens with zero attached hydrogens (tertiary/aromatic N) is 4. The molecular weight excluding hydrogens is 323 g/mol. The third kappa shape index (κ3) is 3.35. The van der Waals surface area contributed by atoms with Gasteiger partial charge in [-0.15, -0.1) is 10.2 Å². The average Bonchev–Trinajstić information content (AvgIpc) is 3.15. The van der Waals surface area contributed by atoms with Crippen molar-refractivity contribution in [1.82, 2.24) is 20.0 Å². The normalized spacial score (nSPS) is 21.4. The molecule has 0 radical (unpaired) electrons. The lowest BCUT2D eigenvalue weighted by atomic mass is 10.1. The Morgan fingerprint density at radius 1 is 1.25 bits per heavy atom. The zero-order valence-corrected chi connectivity index (χ0v) is 13.3. The maximum Gasteiger partial charge on any atom is 0.435 e. The van der Waals surface area contributed by atoms with Crippen LogP contribution in [0.5, 0.6) is 0 Å². The Kier molecular flexibility index (Phi) is 4.44. The molecule has 0 unspecified atom stereocenters. The molecule has 6 nitrogen and oxygen atoms in total. The molecule has 1 fully saturated rings. The van der Waals surface area contributed by atoms with Crippen LogP contribution in [-0.2, 0) is 10.9 Å². The molecule has 1 aliphatic heterocycles. The van der Waals surface area contributed by atoms with E-state index in [1.54, 1.807) is 6.20 Å². The second-order valence-electron chi connectivity index (χ2n) is 5.93. The van der Waals surface area contributed by atoms with Gasteiger partial charge in [-0.1, -0.05) is 0 Å². The number of nitrogens with one attached hydrogen (secondary N) is 1. The SMILES string of the molecule is CC(C)n1nccc1[C@H]1OCC[C@@H]1Nc1ccc(C(F)(F)F)nn1. The van der Waals surface area contributed by atoms with Gasteiger partial charge in [-0.25, -0.2) is 0 Å². The first kappa shape index (κ1) is 16.7. The van der Waals surface area contributed by atoms with E-state index in [9.17, 15) is 13.2 Å². The highest BCUT2D eigenvalue weighted by Gasteiger charge is 2.34. The minimum atomic E-state index is -4.49. The van der Waals surface area contributed by atoms with Crippen LogP contribution in [0.1, 0.15) is 43.8 Å². The van der Waals surface area contributed by atoms with Gasteiger partial charge in [0.15, 0.2) is 5.69 Å². The van der Waals surface area contributed by atoms with Gasteiger partial charge < -0.3 is 10.1 Å². The maximum absolute atomic E-state index is 12.5. The van der Waals surface area contributed by atoms with E-state index >= 15 is 0 Å². The zero-order chi connectivity index (χ0) is 17.3. The van der Waals surface area contributed by atoms with E-state index in [2.05, 4.69) is 20.6 Å². The van der Waals surface area contributed by atoms with Crippen molar-refractivity contribution in [3.05, 3.63) is 35.8 Å². The molecule has 1 aliphatic rings. The molecule has 0 saturated carbocycles. The molecular formula is C15H18F3N5O. The summed E-state index contributed by atoms with van der Waals surface area (Å²) in [6.07, 6.45) is -2.30. The summed E-state index contributed by atoms with van der Waals surface area (Å²) >= 11 is 0. The lowest BCUT2D eigenvalue weighted by molar-refractivity contribution is -0.141. The van der Waals surface area contributed by atoms with Crippen LogP contribution in [0.4, 0.5) is 19.0 Å². The van der Waals surface area contributed by atoms with Gasteiger partial charge in [0, 0.05) is 18.8 Å². The second kappa shape index (κ2) is 6.39. The molecule has 24 heavy (non-hydrogen) atoms. The van der Waals surface area contributed by atoms with Crippen LogP contribution in [-0.4, -0.2) is 32.6 Å². The van der Waals surface area contributed by atoms with Gasteiger partial charge in [0.05, 0.1) is 11.7 Å². The summed E-state index contributed by atoms with van der Waals surface area (Å²) < 4.78 is 45.3. The molecule has 9 heteroatoms. The van der Waals surface area contributed by atoms with E-state index in [-0.39, 0.29) is 18.2 Å². The fourth-order valence-corrected chi connectivity index (χ4v) is 2.76. The van der Waals surface area contributed by atoms with E-state index in [0.29, 0.717) is 12.4 Å². The minimum absolute atomic E-state index is 0.106. The minimum Gasteiger partial charge on any atom is -0.370 e. The first-order chi connectivity index (χ1) is 11.4. The topological polar surface area (TPSA) is 64.9 Å². The Morgan fingerprint density at radius 3 is 2.67 bits per heavy atom. The summed E-state index contributed by atoms with van der Waals surface area (Å²) in [5, 5.41) is 14.3. The lowest BCUT2D eigenvalue weighted by Gasteiger charge is -2.22. The summed E-state index contributed by atoms with van der Waals surface area (Å²) in [7, 11) is 0. The van der Waals surface area contributed by atoms with Crippen molar-refractivity contribution < 1.29 is 17.9 Å². The zero-order valence-electron chi connectivity index (χ0n) is 13.3. The molecule has 3 heterocycles. The molecule has 2 atom stereocenters. The monoisotopic (exact) mass is 341 g/mol. The van der Waals surface area contributed by atoms with Crippen LogP contribution in [0.2, 0.25) is 0 Å². The summed E-state index contributed by atoms with van der Waals surface area (Å²) in [4.78, 5) is 0. The molecule has 0 aliphatic carbocycles. The number of halogens is 3. The van der Waals surface area contributed by atoms with Crippen LogP contribution in [0, 0.1) is 0 Å². The molecule has 0 amide bonds. The standard InChI is InChI=1S/C15H18F3N5O/c1-9(2)23-11(5-7-19-23)14-10(6-8-24-14)20-13-4-3-12(21-22-13)15(16,17)18/h3-5,7,9-10,14H,6,8H2,1-2H3,(H,20,22)/t10-,14-/m0/s1. The van der Waals surface area contributed by atoms with Crippen LogP contribution >= 0.6 is 0 Å². The van der Waals surface area contributed by atoms with Gasteiger partial charge in [0.1, 0.15) is 11.9 Å². The number of hydrogen-bond acceptors (Lipinski definition) is 5. The van der Waals surface area contributed by atoms with E-state index in [1.165, 1.54) is 6.07 Å². The molecule has 2 aromatic heterocycles. The van der Waals surface area contributed by atoms with E-state index in [0.717, 1.165) is 18.2 Å². The van der Waals surface area contributed by atoms with Crippen LogP contribution in [0.15, 0.2) is 24.4 Å². The van der Waals surface area contributed by atoms with Gasteiger partial charge in [-0.3, -0.25) is 4.68 Å². The van der Waals surface area contributed by atoms with Crippen molar-refractivity contribution in [2.75, 3.05) is 11.9 Å². The van der Waals surface area contributed by atoms with Crippen LogP contribution in [0.3, 0.4) is 0 Å². The number of rotatable bonds is 4. The Hall–Kier alpha value is -2.16. The number of alkyl halides is 3. The summed E-state index contributed by atoms with van der Waals surface area (Å²) in [6, 6.07) is 4.17. The molecule has 1 saturated heterocycles. The van der Waals surface area contributed by atoms with Crippen molar-refractivity contribution in [3.63, 3.8) is 0 Å². The predicted octanol–water partition coefficient (Wildman–Crippen LogP) is 3.21. The van der Waals surface area contributed by atoms with E-state index in [1.807, 2.05) is 24.6 Å². The number of aromatic nitrogens is 4. The Labute approximate surface area is 137 Å². The Morgan fingerprint density at radius 2 is 2.04 bits per heavy atom. The molecule has 2 aromatic rings. The maximum atomic E-state index is 12.5. The first-order valence-electron chi connectivity index (χ1n) is 7.68. The summed E-state index contributed by atoms with van der Waals surface area (Å²) in [6.45, 7) is 4.60. The molecule has 3 rings (SSSR count). The number of ether oxygens (including phenoxy) is 1. The van der Waals surface area contributed by atoms with Crippen molar-refractivity contribution >= 4 is 5.82 Å². The molecule has 130 valence electrons. The fourth-order valence-electron chi connectivity index (χ4n) is 2.76. The van der Waals surface area contributed by atoms with Crippen molar-refractivity contribution in [3.8, 4) is 0 Å². The molecule has 0 aromatic carbocycles. The van der Waals surface area contributed by atoms with E-state index in [4.69, 9.17) is 4.74 Å². The van der Waals surface area contributed by atoms with Gasteiger partial charge in [0.25, 0.3) is 0 Å². The van der Waals surface area contributed by atoms with E-state index < -0.39 is 11.9 Å². The summed E-state index contributed by atoms with van der Waals surface area (Å²) in [5.41, 5.74) is -0.0787. The lowest BCUT2D eigenvalue weighted by Crippen LogP contribution is -2.26. The fraction of sp³-hybridized carbons (Fsp3) is 0.533. The molecule has 0 spiro atoms. The Bertz CT molecular complexity index is 683. The van der Waals surface area contributed by atoms with Crippen molar-refractivity contribution in [2.24, 2.45) is 0 Å². The number of anilines is 1. The van der Waals surface area contributed by atoms with Crippen molar-refractivity contribution in [2.45, 2.75) is 44.6 Å². The average molecular weight is 341 g/mol. The molecule has 1 N–H and O–H groups in total. The van der Waals surface area contributed by atoms with Crippen LogP contribution in [0.25, 0.3) is 0 Å². The largest absolute Gasteiger partial charge is 0.435 e. The Balaban J connectivity index is 1.76. The third-order valence-electron chi connectivity index (χ3n) is 3.86. The third-order valence-corrected chi connectivity index (χ3v) is 3.86. The smallest absolute Gasteiger partial charge is 0.370 e. The number of hydrogen-bond donors (Lipinski definition) is 1. The second-order valence-corrected chi connectivity index (χ2v) is 5.93. The van der Waals surface area contributed by atoms with Gasteiger partial charge >= 0.3 is 6.18 Å². The quantitative estimate of drug-likeness (QED) is 0.925. The van der Waals surface area contributed by atoms with Crippen molar-refractivity contribution in [1.29, 1.82) is 0 Å². The van der Waals surface area contributed by atoms with Gasteiger partial charge in [-0.05, 0) is 38.5 Å². The predicted molar refractivity (Wildman–Crippen MR) is 80.4 cm³/mol. The highest BCUT2D eigenvalue weighted by atomic mass is 19.4. The van der Waals surface area contributed by atoms with Gasteiger partial charge in [-0.2, -0.15) is 18.3 Å². The van der Waals surface area contributed by atoms with Crippen LogP contribution < -0.4 is 5.32 Å². The highest BCUT2D eigenvalue weighted by Crippen LogP contribution is 2.32. The highest BCUT2D eigenvalue weighted by molar-refractivity contribution is 5.36. The van der Waals surface area contributed by atoms with Gasteiger partial charge in [0.2, 0.25) is 0 Å². The summed E-state index contributed by atoms with van der Waals surface area (Å²) in [5.74, 6) is 0.291. The first-order valence-corrected chi connectivity index (χ1v) is 7.68. The molecule has 0 bridgehead atoms.